The van der Waals surface area contributed by atoms with Gasteiger partial charge >= 0.3 is 0 Å². The van der Waals surface area contributed by atoms with Gasteiger partial charge in [0.05, 0.1) is 47.6 Å². The summed E-state index contributed by atoms with van der Waals surface area (Å²) in [4.78, 5) is 17.1. The number of ether oxygens (including phenoxy) is 1. The second-order valence-electron chi connectivity index (χ2n) is 8.68. The van der Waals surface area contributed by atoms with Crippen LogP contribution in [0.3, 0.4) is 0 Å². The monoisotopic (exact) mass is 428 g/mol. The number of carbonyl (C=O) groups excluding carboxylic acids is 1. The van der Waals surface area contributed by atoms with Gasteiger partial charge in [-0.05, 0) is 45.6 Å². The fraction of sp³-hybridized carbons (Fsp3) is 0.500. The lowest BCUT2D eigenvalue weighted by Crippen LogP contribution is -2.33. The minimum Gasteiger partial charge on any atom is -0.472 e. The quantitative estimate of drug-likeness (QED) is 0.639. The topological polar surface area (TPSA) is 82.2 Å². The van der Waals surface area contributed by atoms with Crippen molar-refractivity contribution in [2.45, 2.75) is 45.6 Å². The van der Waals surface area contributed by atoms with Crippen LogP contribution in [0.1, 0.15) is 39.3 Å². The van der Waals surface area contributed by atoms with Gasteiger partial charge in [0.15, 0.2) is 0 Å². The highest BCUT2D eigenvalue weighted by molar-refractivity contribution is 7.13. The Morgan fingerprint density at radius 2 is 2.13 bits per heavy atom. The van der Waals surface area contributed by atoms with Gasteiger partial charge in [-0.15, -0.1) is 11.3 Å². The molecule has 8 heteroatoms. The third kappa shape index (κ3) is 4.65. The zero-order chi connectivity index (χ0) is 21.1. The molecule has 1 amide bonds. The van der Waals surface area contributed by atoms with Crippen LogP contribution >= 0.6 is 11.3 Å². The number of furan rings is 1. The van der Waals surface area contributed by atoms with E-state index in [2.05, 4.69) is 31.2 Å². The molecule has 1 aliphatic rings. The molecule has 1 aliphatic heterocycles. The zero-order valence-electron chi connectivity index (χ0n) is 17.7. The fourth-order valence-electron chi connectivity index (χ4n) is 3.64. The molecule has 1 N–H and O–H groups in total. The Bertz CT molecular complexity index is 979. The number of nitrogens with zero attached hydrogens (tertiary/aromatic N) is 3. The first-order valence-electron chi connectivity index (χ1n) is 10.3. The Labute approximate surface area is 180 Å². The molecule has 0 aromatic carbocycles. The number of thiazole rings is 1. The molecular formula is C22H28N4O3S. The SMILES string of the molecule is CC(C)(C)n1ncc(-c2nc(CC(=O)NCC3CCOCC3)cs2)c1-c1ccoc1. The highest BCUT2D eigenvalue weighted by Gasteiger charge is 2.25. The maximum Gasteiger partial charge on any atom is 0.226 e. The Kier molecular flexibility index (Phi) is 6.06. The van der Waals surface area contributed by atoms with E-state index in [4.69, 9.17) is 14.1 Å². The van der Waals surface area contributed by atoms with Crippen LogP contribution in [0.5, 0.6) is 0 Å². The average molecular weight is 429 g/mol. The van der Waals surface area contributed by atoms with E-state index < -0.39 is 0 Å². The Balaban J connectivity index is 1.49. The van der Waals surface area contributed by atoms with Gasteiger partial charge in [-0.1, -0.05) is 0 Å². The van der Waals surface area contributed by atoms with Gasteiger partial charge in [0.2, 0.25) is 5.91 Å². The molecule has 160 valence electrons. The van der Waals surface area contributed by atoms with Crippen LogP contribution in [0.15, 0.2) is 34.6 Å². The fourth-order valence-corrected chi connectivity index (χ4v) is 4.47. The summed E-state index contributed by atoms with van der Waals surface area (Å²) in [5.74, 6) is 0.522. The highest BCUT2D eigenvalue weighted by atomic mass is 32.1. The molecule has 4 heterocycles. The highest BCUT2D eigenvalue weighted by Crippen LogP contribution is 2.36. The number of aromatic nitrogens is 3. The molecular weight excluding hydrogens is 400 g/mol. The van der Waals surface area contributed by atoms with Crippen molar-refractivity contribution in [3.8, 4) is 21.8 Å². The van der Waals surface area contributed by atoms with Crippen LogP contribution in [0, 0.1) is 5.92 Å². The van der Waals surface area contributed by atoms with E-state index in [1.54, 1.807) is 12.5 Å². The predicted molar refractivity (Wildman–Crippen MR) is 116 cm³/mol. The third-order valence-electron chi connectivity index (χ3n) is 5.25. The number of hydrogen-bond acceptors (Lipinski definition) is 6. The van der Waals surface area contributed by atoms with Crippen molar-refractivity contribution in [3.05, 3.63) is 35.9 Å². The molecule has 0 unspecified atom stereocenters. The maximum absolute atomic E-state index is 12.4. The molecule has 0 spiro atoms. The van der Waals surface area contributed by atoms with Crippen molar-refractivity contribution in [2.24, 2.45) is 5.92 Å². The number of nitrogens with one attached hydrogen (secondary N) is 1. The zero-order valence-corrected chi connectivity index (χ0v) is 18.5. The van der Waals surface area contributed by atoms with E-state index in [9.17, 15) is 4.79 Å². The van der Waals surface area contributed by atoms with Crippen LogP contribution < -0.4 is 5.32 Å². The largest absolute Gasteiger partial charge is 0.472 e. The van der Waals surface area contributed by atoms with Crippen LogP contribution in [0.2, 0.25) is 0 Å². The molecule has 1 fully saturated rings. The number of rotatable bonds is 6. The first kappa shape index (κ1) is 20.8. The number of amides is 1. The van der Waals surface area contributed by atoms with E-state index in [0.717, 1.165) is 53.6 Å². The molecule has 0 aliphatic carbocycles. The van der Waals surface area contributed by atoms with Gasteiger partial charge in [-0.3, -0.25) is 9.48 Å². The number of carbonyl (C=O) groups is 1. The summed E-state index contributed by atoms with van der Waals surface area (Å²) in [6.45, 7) is 8.63. The maximum atomic E-state index is 12.4. The molecule has 1 saturated heterocycles. The van der Waals surface area contributed by atoms with Gasteiger partial charge in [-0.2, -0.15) is 5.10 Å². The minimum atomic E-state index is -0.186. The second kappa shape index (κ2) is 8.73. The van der Waals surface area contributed by atoms with E-state index >= 15 is 0 Å². The Morgan fingerprint density at radius 3 is 2.83 bits per heavy atom. The van der Waals surface area contributed by atoms with Crippen molar-refractivity contribution in [2.75, 3.05) is 19.8 Å². The summed E-state index contributed by atoms with van der Waals surface area (Å²) < 4.78 is 12.7. The summed E-state index contributed by atoms with van der Waals surface area (Å²) in [7, 11) is 0. The Morgan fingerprint density at radius 1 is 1.33 bits per heavy atom. The molecule has 7 nitrogen and oxygen atoms in total. The van der Waals surface area contributed by atoms with Crippen LogP contribution in [-0.4, -0.2) is 40.4 Å². The summed E-state index contributed by atoms with van der Waals surface area (Å²) in [6, 6.07) is 1.93. The summed E-state index contributed by atoms with van der Waals surface area (Å²) in [5, 5.41) is 10.5. The standard InChI is InChI=1S/C22H28N4O3S/c1-22(2,3)26-20(16-6-9-29-13-16)18(12-24-26)21-25-17(14-30-21)10-19(27)23-11-15-4-7-28-8-5-15/h6,9,12-15H,4-5,7-8,10-11H2,1-3H3,(H,23,27). The lowest BCUT2D eigenvalue weighted by molar-refractivity contribution is -0.120. The van der Waals surface area contributed by atoms with Crippen molar-refractivity contribution in [1.29, 1.82) is 0 Å². The van der Waals surface area contributed by atoms with Crippen molar-refractivity contribution < 1.29 is 13.9 Å². The third-order valence-corrected chi connectivity index (χ3v) is 6.18. The van der Waals surface area contributed by atoms with E-state index in [0.29, 0.717) is 12.5 Å². The van der Waals surface area contributed by atoms with Gasteiger partial charge in [0.1, 0.15) is 5.01 Å². The van der Waals surface area contributed by atoms with Gasteiger partial charge in [0.25, 0.3) is 0 Å². The first-order chi connectivity index (χ1) is 14.4. The lowest BCUT2D eigenvalue weighted by atomic mass is 10.0. The molecule has 3 aromatic heterocycles. The van der Waals surface area contributed by atoms with Gasteiger partial charge in [0, 0.05) is 30.7 Å². The van der Waals surface area contributed by atoms with E-state index in [1.807, 2.05) is 22.3 Å². The van der Waals surface area contributed by atoms with Crippen molar-refractivity contribution >= 4 is 17.2 Å². The van der Waals surface area contributed by atoms with Crippen LogP contribution in [-0.2, 0) is 21.5 Å². The van der Waals surface area contributed by atoms with E-state index in [-0.39, 0.29) is 17.9 Å². The van der Waals surface area contributed by atoms with Crippen LogP contribution in [0.25, 0.3) is 21.8 Å². The molecule has 4 rings (SSSR count). The van der Waals surface area contributed by atoms with Gasteiger partial charge in [-0.25, -0.2) is 4.98 Å². The molecule has 0 bridgehead atoms. The van der Waals surface area contributed by atoms with Gasteiger partial charge < -0.3 is 14.5 Å². The predicted octanol–water partition coefficient (Wildman–Crippen LogP) is 4.11. The Hall–Kier alpha value is -2.45. The smallest absolute Gasteiger partial charge is 0.226 e. The minimum absolute atomic E-state index is 0.0128. The average Bonchev–Trinajstić information content (AvgIpc) is 3.45. The second-order valence-corrected chi connectivity index (χ2v) is 9.54. The van der Waals surface area contributed by atoms with Crippen LogP contribution in [0.4, 0.5) is 0 Å². The van der Waals surface area contributed by atoms with Crippen molar-refractivity contribution in [1.82, 2.24) is 20.1 Å². The summed E-state index contributed by atoms with van der Waals surface area (Å²) in [5.41, 5.74) is 3.48. The normalized spacial score (nSPS) is 15.4. The van der Waals surface area contributed by atoms with E-state index in [1.165, 1.54) is 11.3 Å². The number of hydrogen-bond donors (Lipinski definition) is 1. The summed E-state index contributed by atoms with van der Waals surface area (Å²) in [6.07, 6.45) is 7.54. The first-order valence-corrected chi connectivity index (χ1v) is 11.2. The summed E-state index contributed by atoms with van der Waals surface area (Å²) >= 11 is 1.53. The molecule has 30 heavy (non-hydrogen) atoms. The molecule has 3 aromatic rings. The molecule has 0 radical (unpaired) electrons. The molecule has 0 saturated carbocycles. The lowest BCUT2D eigenvalue weighted by Gasteiger charge is -2.22. The van der Waals surface area contributed by atoms with Crippen molar-refractivity contribution in [3.63, 3.8) is 0 Å². The molecule has 0 atom stereocenters.